The van der Waals surface area contributed by atoms with E-state index in [4.69, 9.17) is 9.15 Å². The zero-order chi connectivity index (χ0) is 30.4. The Morgan fingerprint density at radius 1 is 1.02 bits per heavy atom. The van der Waals surface area contributed by atoms with Gasteiger partial charge in [-0.15, -0.1) is 0 Å². The Morgan fingerprint density at radius 2 is 1.84 bits per heavy atom. The second kappa shape index (κ2) is 10.9. The minimum absolute atomic E-state index is 0.00113. The molecule has 218 valence electrons. The van der Waals surface area contributed by atoms with E-state index in [0.29, 0.717) is 27.8 Å². The maximum atomic E-state index is 15.8. The number of carboxylic acids is 1. The molecular weight excluding hydrogens is 558 g/mol. The second-order valence-corrected chi connectivity index (χ2v) is 10.6. The van der Waals surface area contributed by atoms with Gasteiger partial charge in [0.2, 0.25) is 5.91 Å². The highest BCUT2D eigenvalue weighted by molar-refractivity contribution is 5.86. The summed E-state index contributed by atoms with van der Waals surface area (Å²) in [4.78, 5) is 39.6. The number of aryl methyl sites for hydroxylation is 2. The normalized spacial score (nSPS) is 16.6. The number of nitrogens with one attached hydrogen (secondary N) is 1. The molecule has 1 amide bonds. The molecule has 43 heavy (non-hydrogen) atoms. The molecule has 2 aromatic heterocycles. The fraction of sp³-hybridized carbons (Fsp3) is 0.182. The third-order valence-corrected chi connectivity index (χ3v) is 7.69. The monoisotopic (exact) mass is 584 g/mol. The highest BCUT2D eigenvalue weighted by atomic mass is 19.1. The van der Waals surface area contributed by atoms with Gasteiger partial charge in [0.1, 0.15) is 30.0 Å². The van der Waals surface area contributed by atoms with Gasteiger partial charge in [0.15, 0.2) is 5.58 Å². The van der Waals surface area contributed by atoms with Gasteiger partial charge in [-0.3, -0.25) is 19.0 Å². The maximum Gasteiger partial charge on any atom is 0.305 e. The first-order valence-electron chi connectivity index (χ1n) is 13.5. The van der Waals surface area contributed by atoms with Crippen molar-refractivity contribution in [3.8, 4) is 16.9 Å². The number of aliphatic carboxylic acids is 1. The van der Waals surface area contributed by atoms with Crippen LogP contribution < -0.4 is 15.6 Å². The van der Waals surface area contributed by atoms with Crippen molar-refractivity contribution in [2.24, 2.45) is 0 Å². The Balaban J connectivity index is 1.62. The van der Waals surface area contributed by atoms with E-state index in [-0.39, 0.29) is 28.9 Å². The van der Waals surface area contributed by atoms with Crippen molar-refractivity contribution in [2.75, 3.05) is 0 Å². The lowest BCUT2D eigenvalue weighted by Gasteiger charge is -2.26. The lowest BCUT2D eigenvalue weighted by Crippen LogP contribution is -2.40. The molecule has 4 bridgehead atoms. The molecule has 8 nitrogen and oxygen atoms in total. The summed E-state index contributed by atoms with van der Waals surface area (Å²) in [6, 6.07) is 12.8. The van der Waals surface area contributed by atoms with Crippen molar-refractivity contribution >= 4 is 22.8 Å². The Hall–Kier alpha value is -5.25. The van der Waals surface area contributed by atoms with Gasteiger partial charge in [0.25, 0.3) is 5.56 Å². The van der Waals surface area contributed by atoms with Crippen molar-refractivity contribution in [3.05, 3.63) is 123 Å². The number of carbonyl (C=O) groups excluding carboxylic acids is 1. The number of hydrogen-bond acceptors (Lipinski definition) is 5. The molecule has 10 heteroatoms. The van der Waals surface area contributed by atoms with Gasteiger partial charge in [-0.25, -0.2) is 8.78 Å². The molecule has 3 heterocycles. The Labute approximate surface area is 244 Å². The fourth-order valence-corrected chi connectivity index (χ4v) is 5.63. The summed E-state index contributed by atoms with van der Waals surface area (Å²) in [5, 5.41) is 12.9. The van der Waals surface area contributed by atoms with Crippen molar-refractivity contribution in [1.82, 2.24) is 9.88 Å². The summed E-state index contributed by atoms with van der Waals surface area (Å²) in [6.07, 6.45) is 1.99. The van der Waals surface area contributed by atoms with E-state index in [2.05, 4.69) is 5.32 Å². The Kier molecular flexibility index (Phi) is 7.05. The van der Waals surface area contributed by atoms with Gasteiger partial charge in [0, 0.05) is 28.3 Å². The highest BCUT2D eigenvalue weighted by Crippen LogP contribution is 2.38. The summed E-state index contributed by atoms with van der Waals surface area (Å²) < 4.78 is 43.9. The van der Waals surface area contributed by atoms with E-state index >= 15 is 8.78 Å². The average molecular weight is 585 g/mol. The van der Waals surface area contributed by atoms with Gasteiger partial charge in [0.05, 0.1) is 18.7 Å². The number of nitrogens with zero attached hydrogens (tertiary/aromatic N) is 1. The van der Waals surface area contributed by atoms with E-state index in [9.17, 15) is 19.5 Å². The van der Waals surface area contributed by atoms with Crippen molar-refractivity contribution in [3.63, 3.8) is 0 Å². The largest absolute Gasteiger partial charge is 0.488 e. The van der Waals surface area contributed by atoms with Gasteiger partial charge >= 0.3 is 5.97 Å². The zero-order valence-electron chi connectivity index (χ0n) is 23.2. The summed E-state index contributed by atoms with van der Waals surface area (Å²) in [7, 11) is 0. The smallest absolute Gasteiger partial charge is 0.305 e. The molecule has 0 spiro atoms. The standard InChI is InChI=1S/C33H26F2N2O6/c1-17-4-3-5-26-28(17)21-12-18(2)29(35)23(14-21)25(15-27(38)39)36-32(40)30(22-13-19(16-43-26)6-7-24(22)34)37-10-8-20-9-11-42-31(20)33(37)41/h3-14,25,30H,15-16H2,1-2H3,(H,36,40)(H,38,39). The molecule has 0 radical (unpaired) electrons. The van der Waals surface area contributed by atoms with Crippen LogP contribution in [0.5, 0.6) is 5.75 Å². The number of ether oxygens (including phenoxy) is 1. The molecule has 6 rings (SSSR count). The van der Waals surface area contributed by atoms with Crippen LogP contribution in [0.15, 0.2) is 82.3 Å². The van der Waals surface area contributed by atoms with Crippen molar-refractivity contribution in [1.29, 1.82) is 0 Å². The van der Waals surface area contributed by atoms with Crippen LogP contribution in [-0.4, -0.2) is 21.6 Å². The van der Waals surface area contributed by atoms with Crippen LogP contribution in [0.25, 0.3) is 22.1 Å². The molecule has 2 unspecified atom stereocenters. The summed E-state index contributed by atoms with van der Waals surface area (Å²) in [5.74, 6) is -3.20. The molecule has 0 aliphatic carbocycles. The lowest BCUT2D eigenvalue weighted by molar-refractivity contribution is -0.137. The first-order valence-corrected chi connectivity index (χ1v) is 13.5. The number of fused-ring (bicyclic) bond motifs is 7. The second-order valence-electron chi connectivity index (χ2n) is 10.6. The minimum Gasteiger partial charge on any atom is -0.488 e. The number of amides is 1. The van der Waals surface area contributed by atoms with Crippen LogP contribution in [-0.2, 0) is 16.2 Å². The molecule has 0 saturated carbocycles. The molecule has 0 saturated heterocycles. The predicted molar refractivity (Wildman–Crippen MR) is 154 cm³/mol. The molecule has 3 aromatic carbocycles. The topological polar surface area (TPSA) is 111 Å². The minimum atomic E-state index is -1.59. The molecule has 5 aromatic rings. The number of rotatable bonds is 3. The number of hydrogen-bond donors (Lipinski definition) is 2. The van der Waals surface area contributed by atoms with E-state index < -0.39 is 47.6 Å². The van der Waals surface area contributed by atoms with E-state index in [1.165, 1.54) is 36.7 Å². The van der Waals surface area contributed by atoms with Gasteiger partial charge in [-0.1, -0.05) is 18.2 Å². The SMILES string of the molecule is Cc1cc2cc(c1F)C(CC(=O)O)NC(=O)C(n1ccc3ccoc3c1=O)c1cc(ccc1F)COc1cccc(C)c1-2. The quantitative estimate of drug-likeness (QED) is 0.270. The molecule has 2 atom stereocenters. The summed E-state index contributed by atoms with van der Waals surface area (Å²) in [5.41, 5.74) is 1.84. The number of benzene rings is 3. The third kappa shape index (κ3) is 5.05. The predicted octanol–water partition coefficient (Wildman–Crippen LogP) is 5.97. The number of carbonyl (C=O) groups is 2. The summed E-state index contributed by atoms with van der Waals surface area (Å²) >= 11 is 0. The van der Waals surface area contributed by atoms with Crippen LogP contribution in [0.3, 0.4) is 0 Å². The van der Waals surface area contributed by atoms with E-state index in [0.717, 1.165) is 10.1 Å². The maximum absolute atomic E-state index is 15.8. The van der Waals surface area contributed by atoms with E-state index in [1.54, 1.807) is 31.2 Å². The summed E-state index contributed by atoms with van der Waals surface area (Å²) in [6.45, 7) is 3.41. The van der Waals surface area contributed by atoms with E-state index in [1.807, 2.05) is 19.1 Å². The number of halogens is 2. The van der Waals surface area contributed by atoms with Crippen molar-refractivity contribution in [2.45, 2.75) is 39.0 Å². The van der Waals surface area contributed by atoms with Crippen LogP contribution >= 0.6 is 0 Å². The number of pyridine rings is 1. The van der Waals surface area contributed by atoms with Gasteiger partial charge < -0.3 is 19.6 Å². The molecule has 1 aliphatic heterocycles. The molecule has 0 fully saturated rings. The Morgan fingerprint density at radius 3 is 2.63 bits per heavy atom. The van der Waals surface area contributed by atoms with Gasteiger partial charge in [-0.05, 0) is 78.6 Å². The fourth-order valence-electron chi connectivity index (χ4n) is 5.63. The van der Waals surface area contributed by atoms with Crippen molar-refractivity contribution < 1.29 is 32.6 Å². The lowest BCUT2D eigenvalue weighted by atomic mass is 9.91. The van der Waals surface area contributed by atoms with Gasteiger partial charge in [-0.2, -0.15) is 0 Å². The third-order valence-electron chi connectivity index (χ3n) is 7.69. The molecule has 1 aliphatic rings. The highest BCUT2D eigenvalue weighted by Gasteiger charge is 2.32. The van der Waals surface area contributed by atoms with Crippen LogP contribution in [0.2, 0.25) is 0 Å². The molecular formula is C33H26F2N2O6. The van der Waals surface area contributed by atoms with Crippen LogP contribution in [0.1, 0.15) is 46.3 Å². The number of furan rings is 1. The zero-order valence-corrected chi connectivity index (χ0v) is 23.2. The first-order chi connectivity index (χ1) is 20.6. The average Bonchev–Trinajstić information content (AvgIpc) is 3.45. The van der Waals surface area contributed by atoms with Crippen LogP contribution in [0.4, 0.5) is 8.78 Å². The van der Waals surface area contributed by atoms with Crippen LogP contribution in [0, 0.1) is 25.5 Å². The Bertz CT molecular complexity index is 1980. The number of aromatic nitrogens is 1. The molecule has 2 N–H and O–H groups in total. The first kappa shape index (κ1) is 27.9. The number of carboxylic acid groups (broad SMARTS) is 1.